The summed E-state index contributed by atoms with van der Waals surface area (Å²) in [5.74, 6) is -1.59. The van der Waals surface area contributed by atoms with Crippen molar-refractivity contribution in [2.24, 2.45) is 17.8 Å². The maximum Gasteiger partial charge on any atom is 0.320 e. The van der Waals surface area contributed by atoms with Crippen molar-refractivity contribution in [1.29, 1.82) is 0 Å². The van der Waals surface area contributed by atoms with E-state index in [1.807, 2.05) is 0 Å². The molecule has 0 aromatic carbocycles. The zero-order valence-corrected chi connectivity index (χ0v) is 12.8. The second-order valence-corrected chi connectivity index (χ2v) is 5.49. The van der Waals surface area contributed by atoms with Gasteiger partial charge in [0.1, 0.15) is 0 Å². The molecule has 1 saturated carbocycles. The van der Waals surface area contributed by atoms with Crippen LogP contribution in [0.2, 0.25) is 0 Å². The molecular weight excluding hydrogens is 256 g/mol. The van der Waals surface area contributed by atoms with E-state index < -0.39 is 17.9 Å². The number of ether oxygens (including phenoxy) is 2. The lowest BCUT2D eigenvalue weighted by Crippen LogP contribution is -2.35. The summed E-state index contributed by atoms with van der Waals surface area (Å²) in [7, 11) is 2.63. The van der Waals surface area contributed by atoms with Gasteiger partial charge in [-0.1, -0.05) is 38.3 Å². The molecule has 0 radical (unpaired) electrons. The number of carbonyl (C=O) groups is 2. The zero-order valence-electron chi connectivity index (χ0n) is 12.8. The monoisotopic (exact) mass is 282 g/mol. The van der Waals surface area contributed by atoms with Gasteiger partial charge in [-0.05, 0) is 31.1 Å². The van der Waals surface area contributed by atoms with Gasteiger partial charge in [0.05, 0.1) is 14.2 Å². The summed E-state index contributed by atoms with van der Waals surface area (Å²) in [5.41, 5.74) is 1.16. The van der Waals surface area contributed by atoms with E-state index in [4.69, 9.17) is 9.47 Å². The highest BCUT2D eigenvalue weighted by molar-refractivity contribution is 5.95. The highest BCUT2D eigenvalue weighted by Gasteiger charge is 2.44. The van der Waals surface area contributed by atoms with Crippen LogP contribution in [0, 0.1) is 17.8 Å². The minimum atomic E-state index is -0.809. The van der Waals surface area contributed by atoms with Gasteiger partial charge in [-0.3, -0.25) is 9.59 Å². The highest BCUT2D eigenvalue weighted by Crippen LogP contribution is 2.43. The van der Waals surface area contributed by atoms with E-state index >= 15 is 0 Å². The number of hydrogen-bond donors (Lipinski definition) is 0. The Balaban J connectivity index is 2.84. The first-order chi connectivity index (χ1) is 9.56. The van der Waals surface area contributed by atoms with E-state index in [-0.39, 0.29) is 11.8 Å². The molecule has 1 aliphatic rings. The molecule has 2 atom stereocenters. The van der Waals surface area contributed by atoms with Crippen molar-refractivity contribution in [3.05, 3.63) is 12.2 Å². The smallest absolute Gasteiger partial charge is 0.320 e. The number of methoxy groups -OCH3 is 2. The van der Waals surface area contributed by atoms with Crippen LogP contribution >= 0.6 is 0 Å². The Kier molecular flexibility index (Phi) is 6.76. The SMILES string of the molecule is C=C1CCC(C(C(=O)OC)C(=O)OC)[C@@H]1CCCCC. The van der Waals surface area contributed by atoms with Gasteiger partial charge in [-0.25, -0.2) is 0 Å². The van der Waals surface area contributed by atoms with Gasteiger partial charge < -0.3 is 9.47 Å². The Hall–Kier alpha value is -1.32. The van der Waals surface area contributed by atoms with E-state index in [0.29, 0.717) is 0 Å². The molecule has 1 aliphatic carbocycles. The maximum absolute atomic E-state index is 11.9. The summed E-state index contributed by atoms with van der Waals surface area (Å²) in [6, 6.07) is 0. The van der Waals surface area contributed by atoms with Gasteiger partial charge in [0, 0.05) is 0 Å². The molecule has 0 aliphatic heterocycles. The third kappa shape index (κ3) is 3.84. The molecule has 4 heteroatoms. The molecular formula is C16H26O4. The largest absolute Gasteiger partial charge is 0.468 e. The number of esters is 2. The molecule has 1 unspecified atom stereocenters. The van der Waals surface area contributed by atoms with E-state index in [1.165, 1.54) is 14.2 Å². The van der Waals surface area contributed by atoms with E-state index in [0.717, 1.165) is 44.1 Å². The van der Waals surface area contributed by atoms with Crippen LogP contribution in [0.1, 0.15) is 45.4 Å². The second kappa shape index (κ2) is 8.08. The molecule has 114 valence electrons. The number of hydrogen-bond acceptors (Lipinski definition) is 4. The van der Waals surface area contributed by atoms with Crippen LogP contribution in [-0.2, 0) is 19.1 Å². The third-order valence-electron chi connectivity index (χ3n) is 4.30. The van der Waals surface area contributed by atoms with Crippen LogP contribution in [0.3, 0.4) is 0 Å². The summed E-state index contributed by atoms with van der Waals surface area (Å²) in [5, 5.41) is 0. The lowest BCUT2D eigenvalue weighted by atomic mass is 9.80. The number of unbranched alkanes of at least 4 members (excludes halogenated alkanes) is 2. The molecule has 0 heterocycles. The fourth-order valence-electron chi connectivity index (χ4n) is 3.17. The summed E-state index contributed by atoms with van der Waals surface area (Å²) < 4.78 is 9.58. The van der Waals surface area contributed by atoms with Crippen LogP contribution in [0.4, 0.5) is 0 Å². The molecule has 0 bridgehead atoms. The van der Waals surface area contributed by atoms with Crippen LogP contribution < -0.4 is 0 Å². The molecule has 0 saturated heterocycles. The minimum Gasteiger partial charge on any atom is -0.468 e. The van der Waals surface area contributed by atoms with Crippen molar-refractivity contribution < 1.29 is 19.1 Å². The molecule has 0 aromatic rings. The van der Waals surface area contributed by atoms with Crippen LogP contribution in [-0.4, -0.2) is 26.2 Å². The topological polar surface area (TPSA) is 52.6 Å². The van der Waals surface area contributed by atoms with Crippen molar-refractivity contribution in [1.82, 2.24) is 0 Å². The Labute approximate surface area is 121 Å². The molecule has 1 rings (SSSR count). The lowest BCUT2D eigenvalue weighted by Gasteiger charge is -2.25. The fourth-order valence-corrected chi connectivity index (χ4v) is 3.17. The van der Waals surface area contributed by atoms with Gasteiger partial charge in [-0.2, -0.15) is 0 Å². The number of rotatable bonds is 7. The predicted octanol–water partition coefficient (Wildman–Crippen LogP) is 3.11. The molecule has 0 spiro atoms. The van der Waals surface area contributed by atoms with Crippen molar-refractivity contribution in [2.45, 2.75) is 45.4 Å². The average molecular weight is 282 g/mol. The van der Waals surface area contributed by atoms with E-state index in [1.54, 1.807) is 0 Å². The van der Waals surface area contributed by atoms with Gasteiger partial charge in [0.25, 0.3) is 0 Å². The third-order valence-corrected chi connectivity index (χ3v) is 4.30. The quantitative estimate of drug-likeness (QED) is 0.311. The lowest BCUT2D eigenvalue weighted by molar-refractivity contribution is -0.162. The van der Waals surface area contributed by atoms with E-state index in [2.05, 4.69) is 13.5 Å². The van der Waals surface area contributed by atoms with Crippen molar-refractivity contribution in [2.75, 3.05) is 14.2 Å². The molecule has 0 N–H and O–H groups in total. The standard InChI is InChI=1S/C16H26O4/c1-5-6-7-8-12-11(2)9-10-13(12)14(15(17)19-3)16(18)20-4/h12-14H,2,5-10H2,1,3-4H3/t12-,13?/m1/s1. The average Bonchev–Trinajstić information content (AvgIpc) is 2.80. The van der Waals surface area contributed by atoms with E-state index in [9.17, 15) is 9.59 Å². The van der Waals surface area contributed by atoms with Gasteiger partial charge >= 0.3 is 11.9 Å². The fraction of sp³-hybridized carbons (Fsp3) is 0.750. The highest BCUT2D eigenvalue weighted by atomic mass is 16.5. The first-order valence-corrected chi connectivity index (χ1v) is 7.40. The van der Waals surface area contributed by atoms with Gasteiger partial charge in [0.15, 0.2) is 5.92 Å². The first kappa shape index (κ1) is 16.7. The van der Waals surface area contributed by atoms with Crippen molar-refractivity contribution >= 4 is 11.9 Å². The van der Waals surface area contributed by atoms with Crippen molar-refractivity contribution in [3.8, 4) is 0 Å². The Morgan fingerprint density at radius 2 is 1.85 bits per heavy atom. The number of carbonyl (C=O) groups excluding carboxylic acids is 2. The molecule has 0 aromatic heterocycles. The minimum absolute atomic E-state index is 0.0285. The van der Waals surface area contributed by atoms with Crippen molar-refractivity contribution in [3.63, 3.8) is 0 Å². The summed E-state index contributed by atoms with van der Waals surface area (Å²) >= 11 is 0. The second-order valence-electron chi connectivity index (χ2n) is 5.49. The predicted molar refractivity (Wildman–Crippen MR) is 77.0 cm³/mol. The molecule has 20 heavy (non-hydrogen) atoms. The van der Waals surface area contributed by atoms with Crippen LogP contribution in [0.5, 0.6) is 0 Å². The summed E-state index contributed by atoms with van der Waals surface area (Å²) in [6.45, 7) is 6.27. The molecule has 0 amide bonds. The Morgan fingerprint density at radius 1 is 1.25 bits per heavy atom. The molecule has 4 nitrogen and oxygen atoms in total. The first-order valence-electron chi connectivity index (χ1n) is 7.40. The Bertz CT molecular complexity index is 345. The molecule has 1 fully saturated rings. The maximum atomic E-state index is 11.9. The Morgan fingerprint density at radius 3 is 2.35 bits per heavy atom. The summed E-state index contributed by atoms with van der Waals surface area (Å²) in [4.78, 5) is 23.9. The summed E-state index contributed by atoms with van der Waals surface area (Å²) in [6.07, 6.45) is 6.10. The number of allylic oxidation sites excluding steroid dienone is 1. The van der Waals surface area contributed by atoms with Crippen LogP contribution in [0.25, 0.3) is 0 Å². The zero-order chi connectivity index (χ0) is 15.1. The van der Waals surface area contributed by atoms with Crippen LogP contribution in [0.15, 0.2) is 12.2 Å². The normalized spacial score (nSPS) is 22.1. The van der Waals surface area contributed by atoms with Gasteiger partial charge in [-0.15, -0.1) is 0 Å². The van der Waals surface area contributed by atoms with Gasteiger partial charge in [0.2, 0.25) is 0 Å².